The summed E-state index contributed by atoms with van der Waals surface area (Å²) < 4.78 is 5.22. The molecule has 6 heteroatoms. The van der Waals surface area contributed by atoms with E-state index in [1.165, 1.54) is 12.8 Å². The third kappa shape index (κ3) is 3.02. The van der Waals surface area contributed by atoms with E-state index in [2.05, 4.69) is 10.2 Å². The van der Waals surface area contributed by atoms with E-state index in [1.807, 2.05) is 0 Å². The normalized spacial score (nSPS) is 22.8. The number of benzene rings is 1. The maximum Gasteiger partial charge on any atom is 0.292 e. The zero-order chi connectivity index (χ0) is 15.5. The van der Waals surface area contributed by atoms with Crippen LogP contribution in [0.1, 0.15) is 25.7 Å². The standard InChI is InChI=1S/C16H23N3O3/c1-22-13-4-5-15(19(20)21)16(11-13)18-9-6-12(7-10-18)14-3-2-8-17-14/h4-5,11-12,14,17H,2-3,6-10H2,1H3. The van der Waals surface area contributed by atoms with Crippen molar-refractivity contribution in [3.63, 3.8) is 0 Å². The minimum atomic E-state index is -0.306. The molecule has 2 aliphatic heterocycles. The first kappa shape index (κ1) is 15.1. The van der Waals surface area contributed by atoms with Gasteiger partial charge in [-0.25, -0.2) is 0 Å². The number of piperidine rings is 1. The molecule has 1 atom stereocenters. The lowest BCUT2D eigenvalue weighted by Gasteiger charge is -2.36. The van der Waals surface area contributed by atoms with Crippen LogP contribution < -0.4 is 15.0 Å². The van der Waals surface area contributed by atoms with Crippen LogP contribution in [0.2, 0.25) is 0 Å². The summed E-state index contributed by atoms with van der Waals surface area (Å²) in [4.78, 5) is 13.1. The van der Waals surface area contributed by atoms with Crippen LogP contribution in [-0.2, 0) is 0 Å². The molecule has 2 heterocycles. The van der Waals surface area contributed by atoms with Gasteiger partial charge in [0.15, 0.2) is 0 Å². The van der Waals surface area contributed by atoms with Crippen molar-refractivity contribution in [2.24, 2.45) is 5.92 Å². The fourth-order valence-corrected chi connectivity index (χ4v) is 3.69. The summed E-state index contributed by atoms with van der Waals surface area (Å²) in [5.74, 6) is 1.36. The van der Waals surface area contributed by atoms with Crippen molar-refractivity contribution in [1.82, 2.24) is 5.32 Å². The SMILES string of the molecule is COc1ccc([N+](=O)[O-])c(N2CCC(C3CCCN3)CC2)c1. The molecule has 1 N–H and O–H groups in total. The molecule has 0 radical (unpaired) electrons. The van der Waals surface area contributed by atoms with Crippen LogP contribution in [0.25, 0.3) is 0 Å². The predicted molar refractivity (Wildman–Crippen MR) is 85.6 cm³/mol. The lowest BCUT2D eigenvalue weighted by molar-refractivity contribution is -0.384. The lowest BCUT2D eigenvalue weighted by atomic mass is 9.88. The van der Waals surface area contributed by atoms with Crippen LogP contribution in [0.5, 0.6) is 5.75 Å². The van der Waals surface area contributed by atoms with Crippen LogP contribution in [-0.4, -0.2) is 37.7 Å². The van der Waals surface area contributed by atoms with Crippen molar-refractivity contribution < 1.29 is 9.66 Å². The summed E-state index contributed by atoms with van der Waals surface area (Å²) in [5, 5.41) is 14.8. The lowest BCUT2D eigenvalue weighted by Crippen LogP contribution is -2.41. The highest BCUT2D eigenvalue weighted by Gasteiger charge is 2.30. The summed E-state index contributed by atoms with van der Waals surface area (Å²) in [6.07, 6.45) is 4.72. The Labute approximate surface area is 130 Å². The van der Waals surface area contributed by atoms with E-state index in [1.54, 1.807) is 25.3 Å². The van der Waals surface area contributed by atoms with Gasteiger partial charge in [-0.1, -0.05) is 0 Å². The molecule has 1 aromatic rings. The number of methoxy groups -OCH3 is 1. The minimum absolute atomic E-state index is 0.165. The molecule has 0 aliphatic carbocycles. The highest BCUT2D eigenvalue weighted by Crippen LogP contribution is 2.35. The third-order valence-corrected chi connectivity index (χ3v) is 4.93. The highest BCUT2D eigenvalue weighted by atomic mass is 16.6. The summed E-state index contributed by atoms with van der Waals surface area (Å²) in [6.45, 7) is 2.87. The van der Waals surface area contributed by atoms with Crippen LogP contribution in [0.15, 0.2) is 18.2 Å². The molecule has 1 unspecified atom stereocenters. The Morgan fingerprint density at radius 1 is 1.32 bits per heavy atom. The van der Waals surface area contributed by atoms with Gasteiger partial charge in [0, 0.05) is 31.3 Å². The number of nitrogens with zero attached hydrogens (tertiary/aromatic N) is 2. The van der Waals surface area contributed by atoms with Crippen LogP contribution in [0.3, 0.4) is 0 Å². The first-order valence-electron chi connectivity index (χ1n) is 8.00. The molecule has 1 aromatic carbocycles. The second kappa shape index (κ2) is 6.52. The largest absolute Gasteiger partial charge is 0.497 e. The molecule has 2 fully saturated rings. The number of hydrogen-bond donors (Lipinski definition) is 1. The third-order valence-electron chi connectivity index (χ3n) is 4.93. The van der Waals surface area contributed by atoms with Gasteiger partial charge in [-0.05, 0) is 44.2 Å². The van der Waals surface area contributed by atoms with Crippen molar-refractivity contribution in [3.8, 4) is 5.75 Å². The van der Waals surface area contributed by atoms with Gasteiger partial charge >= 0.3 is 0 Å². The molecule has 0 aromatic heterocycles. The molecule has 0 amide bonds. The first-order chi connectivity index (χ1) is 10.7. The Kier molecular flexibility index (Phi) is 4.47. The summed E-state index contributed by atoms with van der Waals surface area (Å²) in [5.41, 5.74) is 0.848. The number of hydrogen-bond acceptors (Lipinski definition) is 5. The topological polar surface area (TPSA) is 67.6 Å². The fourth-order valence-electron chi connectivity index (χ4n) is 3.69. The number of nitro benzene ring substituents is 1. The summed E-state index contributed by atoms with van der Waals surface area (Å²) in [7, 11) is 1.59. The zero-order valence-corrected chi connectivity index (χ0v) is 13.0. The summed E-state index contributed by atoms with van der Waals surface area (Å²) >= 11 is 0. The van der Waals surface area contributed by atoms with E-state index in [0.29, 0.717) is 23.4 Å². The second-order valence-corrected chi connectivity index (χ2v) is 6.14. The van der Waals surface area contributed by atoms with E-state index in [-0.39, 0.29) is 10.6 Å². The Morgan fingerprint density at radius 3 is 2.68 bits per heavy atom. The van der Waals surface area contributed by atoms with E-state index in [0.717, 1.165) is 32.5 Å². The molecule has 2 saturated heterocycles. The number of anilines is 1. The van der Waals surface area contributed by atoms with Gasteiger partial charge in [0.1, 0.15) is 11.4 Å². The van der Waals surface area contributed by atoms with E-state index in [9.17, 15) is 10.1 Å². The molecule has 2 aliphatic rings. The van der Waals surface area contributed by atoms with Gasteiger partial charge in [0.05, 0.1) is 12.0 Å². The average Bonchev–Trinajstić information content (AvgIpc) is 3.09. The van der Waals surface area contributed by atoms with Crippen molar-refractivity contribution >= 4 is 11.4 Å². The molecule has 3 rings (SSSR count). The number of nitro groups is 1. The zero-order valence-electron chi connectivity index (χ0n) is 13.0. The first-order valence-corrected chi connectivity index (χ1v) is 8.00. The van der Waals surface area contributed by atoms with Gasteiger partial charge in [-0.15, -0.1) is 0 Å². The monoisotopic (exact) mass is 305 g/mol. The van der Waals surface area contributed by atoms with Crippen molar-refractivity contribution in [3.05, 3.63) is 28.3 Å². The van der Waals surface area contributed by atoms with E-state index >= 15 is 0 Å². The molecule has 0 spiro atoms. The van der Waals surface area contributed by atoms with Crippen LogP contribution >= 0.6 is 0 Å². The Hall–Kier alpha value is -1.82. The molecule has 120 valence electrons. The second-order valence-electron chi connectivity index (χ2n) is 6.14. The van der Waals surface area contributed by atoms with E-state index in [4.69, 9.17) is 4.74 Å². The Morgan fingerprint density at radius 2 is 2.09 bits per heavy atom. The predicted octanol–water partition coefficient (Wildman–Crippen LogP) is 2.57. The highest BCUT2D eigenvalue weighted by molar-refractivity contribution is 5.66. The Bertz CT molecular complexity index is 535. The number of rotatable bonds is 4. The summed E-state index contributed by atoms with van der Waals surface area (Å²) in [6, 6.07) is 5.62. The number of ether oxygens (including phenoxy) is 1. The quantitative estimate of drug-likeness (QED) is 0.684. The molecule has 0 bridgehead atoms. The van der Waals surface area contributed by atoms with Crippen molar-refractivity contribution in [2.45, 2.75) is 31.7 Å². The smallest absolute Gasteiger partial charge is 0.292 e. The number of nitrogens with one attached hydrogen (secondary N) is 1. The van der Waals surface area contributed by atoms with Gasteiger partial charge < -0.3 is 15.0 Å². The average molecular weight is 305 g/mol. The van der Waals surface area contributed by atoms with Crippen LogP contribution in [0.4, 0.5) is 11.4 Å². The van der Waals surface area contributed by atoms with Gasteiger partial charge in [0.25, 0.3) is 5.69 Å². The van der Waals surface area contributed by atoms with Crippen molar-refractivity contribution in [1.29, 1.82) is 0 Å². The maximum absolute atomic E-state index is 11.3. The van der Waals surface area contributed by atoms with Gasteiger partial charge in [-0.2, -0.15) is 0 Å². The van der Waals surface area contributed by atoms with Crippen LogP contribution in [0, 0.1) is 16.0 Å². The molecular formula is C16H23N3O3. The van der Waals surface area contributed by atoms with Crippen molar-refractivity contribution in [2.75, 3.05) is 31.6 Å². The molecule has 6 nitrogen and oxygen atoms in total. The molecular weight excluding hydrogens is 282 g/mol. The fraction of sp³-hybridized carbons (Fsp3) is 0.625. The molecule has 0 saturated carbocycles. The Balaban J connectivity index is 1.73. The minimum Gasteiger partial charge on any atom is -0.497 e. The van der Waals surface area contributed by atoms with Gasteiger partial charge in [0.2, 0.25) is 0 Å². The maximum atomic E-state index is 11.3. The molecule has 22 heavy (non-hydrogen) atoms. The van der Waals surface area contributed by atoms with Gasteiger partial charge in [-0.3, -0.25) is 10.1 Å². The van der Waals surface area contributed by atoms with E-state index < -0.39 is 0 Å².